The summed E-state index contributed by atoms with van der Waals surface area (Å²) < 4.78 is 0. The second kappa shape index (κ2) is 8.97. The van der Waals surface area contributed by atoms with Crippen molar-refractivity contribution in [2.75, 3.05) is 29.7 Å². The number of unbranched alkanes of at least 4 members (excludes halogenated alkanes) is 1. The average Bonchev–Trinajstić information content (AvgIpc) is 3.02. The fourth-order valence-corrected chi connectivity index (χ4v) is 2.92. The Bertz CT molecular complexity index is 573. The van der Waals surface area contributed by atoms with Gasteiger partial charge in [-0.05, 0) is 18.6 Å². The molecular formula is C15H23N5S2. The topological polar surface area (TPSA) is 53.1 Å². The van der Waals surface area contributed by atoms with Crippen LogP contribution in [0.25, 0.3) is 11.4 Å². The smallest absolute Gasteiger partial charge is 0.198 e. The lowest BCUT2D eigenvalue weighted by Gasteiger charge is -2.18. The molecule has 0 atom stereocenters. The van der Waals surface area contributed by atoms with Crippen LogP contribution in [0.4, 0.5) is 10.9 Å². The number of thiazole rings is 1. The first-order valence-electron chi connectivity index (χ1n) is 7.51. The number of rotatable bonds is 9. The van der Waals surface area contributed by atoms with E-state index in [1.165, 1.54) is 12.8 Å². The maximum atomic E-state index is 4.72. The number of hydrogen-bond acceptors (Lipinski definition) is 7. The van der Waals surface area contributed by atoms with Gasteiger partial charge >= 0.3 is 0 Å². The van der Waals surface area contributed by atoms with Gasteiger partial charge in [-0.1, -0.05) is 38.3 Å². The molecule has 0 saturated carbocycles. The third-order valence-electron chi connectivity index (χ3n) is 3.11. The highest BCUT2D eigenvalue weighted by Gasteiger charge is 2.08. The molecule has 0 fully saturated rings. The predicted octanol–water partition coefficient (Wildman–Crippen LogP) is 4.03. The Morgan fingerprint density at radius 2 is 2.09 bits per heavy atom. The summed E-state index contributed by atoms with van der Waals surface area (Å²) in [5.41, 5.74) is 4.90. The molecule has 2 N–H and O–H groups in total. The fourth-order valence-electron chi connectivity index (χ4n) is 1.89. The Labute approximate surface area is 140 Å². The molecule has 0 aromatic carbocycles. The van der Waals surface area contributed by atoms with E-state index < -0.39 is 0 Å². The minimum Gasteiger partial charge on any atom is -0.360 e. The number of pyridine rings is 1. The minimum atomic E-state index is 0.850. The molecule has 0 bridgehead atoms. The minimum absolute atomic E-state index is 0.850. The van der Waals surface area contributed by atoms with Gasteiger partial charge in [-0.2, -0.15) is 4.83 Å². The molecule has 5 nitrogen and oxygen atoms in total. The van der Waals surface area contributed by atoms with E-state index >= 15 is 0 Å². The summed E-state index contributed by atoms with van der Waals surface area (Å²) in [7, 11) is 2.09. The van der Waals surface area contributed by atoms with Gasteiger partial charge in [0.2, 0.25) is 0 Å². The quantitative estimate of drug-likeness (QED) is 0.409. The summed E-state index contributed by atoms with van der Waals surface area (Å²) in [4.78, 5) is 14.5. The van der Waals surface area contributed by atoms with Crippen LogP contribution in [0.2, 0.25) is 0 Å². The lowest BCUT2D eigenvalue weighted by Crippen LogP contribution is -2.19. The van der Waals surface area contributed by atoms with E-state index in [4.69, 9.17) is 4.98 Å². The van der Waals surface area contributed by atoms with Gasteiger partial charge in [-0.3, -0.25) is 5.43 Å². The predicted molar refractivity (Wildman–Crippen MR) is 98.4 cm³/mol. The first-order valence-corrected chi connectivity index (χ1v) is 9.38. The van der Waals surface area contributed by atoms with Crippen LogP contribution < -0.4 is 15.2 Å². The van der Waals surface area contributed by atoms with E-state index in [0.29, 0.717) is 0 Å². The number of nitrogens with zero attached hydrogens (tertiary/aromatic N) is 3. The number of aromatic nitrogens is 2. The zero-order chi connectivity index (χ0) is 15.8. The van der Waals surface area contributed by atoms with E-state index in [0.717, 1.165) is 34.6 Å². The molecule has 2 aromatic heterocycles. The number of anilines is 2. The van der Waals surface area contributed by atoms with Gasteiger partial charge in [-0.25, -0.2) is 9.97 Å². The van der Waals surface area contributed by atoms with Crippen LogP contribution in [-0.2, 0) is 0 Å². The summed E-state index contributed by atoms with van der Waals surface area (Å²) in [5, 5.41) is 2.88. The molecule has 0 aliphatic rings. The van der Waals surface area contributed by atoms with Gasteiger partial charge in [0.1, 0.15) is 11.5 Å². The van der Waals surface area contributed by atoms with Crippen molar-refractivity contribution in [2.24, 2.45) is 0 Å². The summed E-state index contributed by atoms with van der Waals surface area (Å²) in [5.74, 6) is 1.99. The summed E-state index contributed by atoms with van der Waals surface area (Å²) in [6, 6.07) is 6.09. The molecule has 22 heavy (non-hydrogen) atoms. The van der Waals surface area contributed by atoms with Crippen LogP contribution in [-0.4, -0.2) is 29.3 Å². The number of hydrazine groups is 1. The lowest BCUT2D eigenvalue weighted by molar-refractivity contribution is 0.760. The standard InChI is InChI=1S/C15H23N5S2/c1-4-6-10-20(3)14-9-7-8-12(16-14)13-11-21-15(17-13)18-19-22-5-2/h7-9,11,19H,4-6,10H2,1-3H3,(H,17,18). The van der Waals surface area contributed by atoms with E-state index in [9.17, 15) is 0 Å². The Morgan fingerprint density at radius 1 is 1.23 bits per heavy atom. The van der Waals surface area contributed by atoms with Crippen molar-refractivity contribution < 1.29 is 0 Å². The molecule has 0 saturated heterocycles. The lowest BCUT2D eigenvalue weighted by atomic mass is 10.3. The van der Waals surface area contributed by atoms with Crippen molar-refractivity contribution in [2.45, 2.75) is 26.7 Å². The molecule has 0 aliphatic heterocycles. The first-order chi connectivity index (χ1) is 10.7. The number of hydrogen-bond donors (Lipinski definition) is 2. The van der Waals surface area contributed by atoms with E-state index in [2.05, 4.69) is 41.0 Å². The van der Waals surface area contributed by atoms with Crippen molar-refractivity contribution in [1.82, 2.24) is 14.8 Å². The normalized spacial score (nSPS) is 10.7. The van der Waals surface area contributed by atoms with Crippen LogP contribution >= 0.6 is 23.3 Å². The number of nitrogens with one attached hydrogen (secondary N) is 2. The molecule has 0 unspecified atom stereocenters. The monoisotopic (exact) mass is 337 g/mol. The summed E-state index contributed by atoms with van der Waals surface area (Å²) in [6.07, 6.45) is 2.36. The van der Waals surface area contributed by atoms with E-state index in [1.54, 1.807) is 23.3 Å². The zero-order valence-electron chi connectivity index (χ0n) is 13.3. The van der Waals surface area contributed by atoms with Gasteiger partial charge in [0.15, 0.2) is 5.13 Å². The highest BCUT2D eigenvalue weighted by molar-refractivity contribution is 7.97. The molecule has 2 rings (SSSR count). The summed E-state index contributed by atoms with van der Waals surface area (Å²) >= 11 is 3.18. The van der Waals surface area contributed by atoms with Crippen LogP contribution in [0, 0.1) is 0 Å². The second-order valence-corrected chi connectivity index (χ2v) is 6.78. The molecule has 7 heteroatoms. The van der Waals surface area contributed by atoms with Crippen LogP contribution in [0.5, 0.6) is 0 Å². The van der Waals surface area contributed by atoms with Crippen molar-refractivity contribution in [3.63, 3.8) is 0 Å². The highest BCUT2D eigenvalue weighted by atomic mass is 32.2. The maximum absolute atomic E-state index is 4.72. The molecule has 120 valence electrons. The van der Waals surface area contributed by atoms with E-state index in [1.807, 2.05) is 23.6 Å². The van der Waals surface area contributed by atoms with Crippen LogP contribution in [0.1, 0.15) is 26.7 Å². The molecule has 0 aliphatic carbocycles. The molecular weight excluding hydrogens is 314 g/mol. The first kappa shape index (κ1) is 17.1. The van der Waals surface area contributed by atoms with Crippen LogP contribution in [0.15, 0.2) is 23.6 Å². The Balaban J connectivity index is 2.05. The third kappa shape index (κ3) is 4.86. The van der Waals surface area contributed by atoms with Crippen LogP contribution in [0.3, 0.4) is 0 Å². The molecule has 2 heterocycles. The van der Waals surface area contributed by atoms with Gasteiger partial charge in [0.25, 0.3) is 0 Å². The van der Waals surface area contributed by atoms with Gasteiger partial charge in [0, 0.05) is 24.7 Å². The molecule has 0 radical (unpaired) electrons. The Hall–Kier alpha value is -1.31. The van der Waals surface area contributed by atoms with Gasteiger partial charge in [0.05, 0.1) is 5.69 Å². The van der Waals surface area contributed by atoms with Crippen molar-refractivity contribution in [1.29, 1.82) is 0 Å². The Kier molecular flexibility index (Phi) is 6.95. The molecule has 0 spiro atoms. The maximum Gasteiger partial charge on any atom is 0.198 e. The molecule has 2 aromatic rings. The second-order valence-electron chi connectivity index (χ2n) is 4.85. The van der Waals surface area contributed by atoms with Crippen molar-refractivity contribution >= 4 is 34.2 Å². The van der Waals surface area contributed by atoms with Crippen molar-refractivity contribution in [3.05, 3.63) is 23.6 Å². The molecule has 0 amide bonds. The average molecular weight is 338 g/mol. The Morgan fingerprint density at radius 3 is 2.86 bits per heavy atom. The van der Waals surface area contributed by atoms with E-state index in [-0.39, 0.29) is 0 Å². The van der Waals surface area contributed by atoms with Gasteiger partial charge < -0.3 is 4.90 Å². The summed E-state index contributed by atoms with van der Waals surface area (Å²) in [6.45, 7) is 5.32. The third-order valence-corrected chi connectivity index (χ3v) is 4.41. The van der Waals surface area contributed by atoms with Gasteiger partial charge in [-0.15, -0.1) is 11.3 Å². The SMILES string of the molecule is CCCCN(C)c1cccc(-c2csc(NNSCC)n2)n1. The highest BCUT2D eigenvalue weighted by Crippen LogP contribution is 2.25. The zero-order valence-corrected chi connectivity index (χ0v) is 14.9. The van der Waals surface area contributed by atoms with Crippen molar-refractivity contribution in [3.8, 4) is 11.4 Å². The fraction of sp³-hybridized carbons (Fsp3) is 0.467. The largest absolute Gasteiger partial charge is 0.360 e.